The SMILES string of the molecule is CCc1nncn1CCNC(=NCc1nnc2ccccn12)NCCc1ccccc1.I. The number of aliphatic imine (C=N–C) groups is 1. The van der Waals surface area contributed by atoms with E-state index in [4.69, 9.17) is 4.99 Å². The van der Waals surface area contributed by atoms with Crippen LogP contribution in [-0.4, -0.2) is 48.4 Å². The molecule has 0 spiro atoms. The van der Waals surface area contributed by atoms with Crippen LogP contribution in [0.25, 0.3) is 5.65 Å². The van der Waals surface area contributed by atoms with Gasteiger partial charge in [0.15, 0.2) is 17.4 Å². The molecule has 3 heterocycles. The molecule has 32 heavy (non-hydrogen) atoms. The first-order valence-corrected chi connectivity index (χ1v) is 10.5. The van der Waals surface area contributed by atoms with E-state index in [1.54, 1.807) is 6.33 Å². The average Bonchev–Trinajstić information content (AvgIpc) is 3.44. The highest BCUT2D eigenvalue weighted by atomic mass is 127. The van der Waals surface area contributed by atoms with Gasteiger partial charge in [-0.2, -0.15) is 0 Å². The Balaban J connectivity index is 0.00000289. The molecule has 0 amide bonds. The predicted molar refractivity (Wildman–Crippen MR) is 135 cm³/mol. The summed E-state index contributed by atoms with van der Waals surface area (Å²) in [5.74, 6) is 2.52. The topological polar surface area (TPSA) is 97.3 Å². The van der Waals surface area contributed by atoms with Gasteiger partial charge in [0, 0.05) is 32.3 Å². The standard InChI is InChI=1S/C22H27N9.HI/c1-2-19-27-26-17-30(19)15-13-24-22(23-12-11-18-8-4-3-5-9-18)25-16-21-29-28-20-10-6-7-14-31(20)21;/h3-10,14,17H,2,11-13,15-16H2,1H3,(H2,23,24,25);1H. The fourth-order valence-electron chi connectivity index (χ4n) is 3.33. The van der Waals surface area contributed by atoms with Crippen LogP contribution < -0.4 is 10.6 Å². The van der Waals surface area contributed by atoms with Gasteiger partial charge in [-0.05, 0) is 24.1 Å². The first kappa shape index (κ1) is 23.6. The minimum Gasteiger partial charge on any atom is -0.356 e. The first-order chi connectivity index (χ1) is 15.3. The van der Waals surface area contributed by atoms with E-state index in [9.17, 15) is 0 Å². The summed E-state index contributed by atoms with van der Waals surface area (Å²) in [7, 11) is 0. The minimum absolute atomic E-state index is 0. The first-order valence-electron chi connectivity index (χ1n) is 10.5. The molecule has 4 rings (SSSR count). The highest BCUT2D eigenvalue weighted by molar-refractivity contribution is 14.0. The number of fused-ring (bicyclic) bond motifs is 1. The molecule has 0 unspecified atom stereocenters. The van der Waals surface area contributed by atoms with E-state index in [-0.39, 0.29) is 24.0 Å². The normalized spacial score (nSPS) is 11.3. The number of nitrogens with one attached hydrogen (secondary N) is 2. The second-order valence-corrected chi connectivity index (χ2v) is 7.09. The van der Waals surface area contributed by atoms with E-state index in [0.717, 1.165) is 49.2 Å². The summed E-state index contributed by atoms with van der Waals surface area (Å²) in [4.78, 5) is 4.74. The summed E-state index contributed by atoms with van der Waals surface area (Å²) < 4.78 is 4.01. The lowest BCUT2D eigenvalue weighted by Crippen LogP contribution is -2.40. The van der Waals surface area contributed by atoms with Crippen LogP contribution in [0.1, 0.15) is 24.1 Å². The summed E-state index contributed by atoms with van der Waals surface area (Å²) >= 11 is 0. The van der Waals surface area contributed by atoms with E-state index >= 15 is 0 Å². The second-order valence-electron chi connectivity index (χ2n) is 7.09. The Bertz CT molecular complexity index is 1120. The largest absolute Gasteiger partial charge is 0.356 e. The van der Waals surface area contributed by atoms with Crippen molar-refractivity contribution in [3.8, 4) is 0 Å². The van der Waals surface area contributed by atoms with Crippen LogP contribution in [0.4, 0.5) is 0 Å². The van der Waals surface area contributed by atoms with Crippen molar-refractivity contribution in [1.82, 2.24) is 40.0 Å². The second kappa shape index (κ2) is 12.1. The molecule has 0 atom stereocenters. The van der Waals surface area contributed by atoms with Gasteiger partial charge in [0.25, 0.3) is 0 Å². The molecule has 0 saturated carbocycles. The van der Waals surface area contributed by atoms with Crippen LogP contribution in [0.3, 0.4) is 0 Å². The zero-order chi connectivity index (χ0) is 21.3. The number of benzene rings is 1. The number of aryl methyl sites for hydroxylation is 1. The van der Waals surface area contributed by atoms with Gasteiger partial charge >= 0.3 is 0 Å². The van der Waals surface area contributed by atoms with Crippen LogP contribution in [0.5, 0.6) is 0 Å². The molecule has 2 N–H and O–H groups in total. The van der Waals surface area contributed by atoms with E-state index in [1.165, 1.54) is 5.56 Å². The number of hydrogen-bond acceptors (Lipinski definition) is 5. The Labute approximate surface area is 204 Å². The summed E-state index contributed by atoms with van der Waals surface area (Å²) in [5.41, 5.74) is 2.11. The van der Waals surface area contributed by atoms with Gasteiger partial charge in [0.05, 0.1) is 0 Å². The smallest absolute Gasteiger partial charge is 0.191 e. The molecule has 1 aromatic carbocycles. The molecule has 0 aliphatic carbocycles. The lowest BCUT2D eigenvalue weighted by molar-refractivity contribution is 0.631. The fourth-order valence-corrected chi connectivity index (χ4v) is 3.33. The number of nitrogens with zero attached hydrogens (tertiary/aromatic N) is 7. The van der Waals surface area contributed by atoms with Crippen LogP contribution in [-0.2, 0) is 25.9 Å². The monoisotopic (exact) mass is 545 g/mol. The molecule has 0 saturated heterocycles. The van der Waals surface area contributed by atoms with E-state index in [2.05, 4.69) is 66.8 Å². The van der Waals surface area contributed by atoms with Crippen molar-refractivity contribution >= 4 is 35.6 Å². The van der Waals surface area contributed by atoms with Crippen molar-refractivity contribution in [3.63, 3.8) is 0 Å². The molecule has 0 bridgehead atoms. The van der Waals surface area contributed by atoms with Crippen LogP contribution >= 0.6 is 24.0 Å². The van der Waals surface area contributed by atoms with Crippen molar-refractivity contribution in [2.24, 2.45) is 4.99 Å². The Morgan fingerprint density at radius 3 is 2.59 bits per heavy atom. The quantitative estimate of drug-likeness (QED) is 0.191. The van der Waals surface area contributed by atoms with E-state index in [0.29, 0.717) is 13.1 Å². The summed E-state index contributed by atoms with van der Waals surface area (Å²) in [6, 6.07) is 16.3. The summed E-state index contributed by atoms with van der Waals surface area (Å²) in [6.07, 6.45) is 5.49. The maximum Gasteiger partial charge on any atom is 0.191 e. The van der Waals surface area contributed by atoms with Gasteiger partial charge in [-0.1, -0.05) is 43.3 Å². The lowest BCUT2D eigenvalue weighted by atomic mass is 10.1. The molecule has 168 valence electrons. The van der Waals surface area contributed by atoms with Gasteiger partial charge in [-0.3, -0.25) is 4.40 Å². The predicted octanol–water partition coefficient (Wildman–Crippen LogP) is 2.48. The average molecular weight is 545 g/mol. The zero-order valence-corrected chi connectivity index (χ0v) is 20.4. The zero-order valence-electron chi connectivity index (χ0n) is 18.1. The van der Waals surface area contributed by atoms with Gasteiger partial charge in [0.2, 0.25) is 0 Å². The Hall–Kier alpha value is -3.02. The van der Waals surface area contributed by atoms with Gasteiger partial charge in [0.1, 0.15) is 18.7 Å². The van der Waals surface area contributed by atoms with Crippen LogP contribution in [0.15, 0.2) is 66.0 Å². The number of guanidine groups is 1. The van der Waals surface area contributed by atoms with Gasteiger partial charge < -0.3 is 15.2 Å². The van der Waals surface area contributed by atoms with E-state index < -0.39 is 0 Å². The number of aromatic nitrogens is 6. The highest BCUT2D eigenvalue weighted by Gasteiger charge is 2.06. The minimum atomic E-state index is 0. The molecular weight excluding hydrogens is 517 g/mol. The van der Waals surface area contributed by atoms with Gasteiger partial charge in [-0.15, -0.1) is 44.4 Å². The van der Waals surface area contributed by atoms with Crippen molar-refractivity contribution in [1.29, 1.82) is 0 Å². The van der Waals surface area contributed by atoms with E-state index in [1.807, 2.05) is 34.9 Å². The molecule has 0 aliphatic rings. The van der Waals surface area contributed by atoms with Crippen molar-refractivity contribution in [2.45, 2.75) is 32.9 Å². The Morgan fingerprint density at radius 2 is 1.75 bits per heavy atom. The highest BCUT2D eigenvalue weighted by Crippen LogP contribution is 2.04. The van der Waals surface area contributed by atoms with Crippen LogP contribution in [0.2, 0.25) is 0 Å². The molecule has 0 radical (unpaired) electrons. The van der Waals surface area contributed by atoms with Gasteiger partial charge in [-0.25, -0.2) is 4.99 Å². The molecule has 3 aromatic heterocycles. The summed E-state index contributed by atoms with van der Waals surface area (Å²) in [6.45, 7) is 4.77. The third-order valence-corrected chi connectivity index (χ3v) is 4.97. The molecular formula is C22H28IN9. The number of rotatable bonds is 9. The molecule has 9 nitrogen and oxygen atoms in total. The molecule has 0 aliphatic heterocycles. The maximum atomic E-state index is 4.74. The van der Waals surface area contributed by atoms with Crippen molar-refractivity contribution in [2.75, 3.05) is 13.1 Å². The molecule has 4 aromatic rings. The van der Waals surface area contributed by atoms with Crippen LogP contribution in [0, 0.1) is 0 Å². The molecule has 0 fully saturated rings. The Kier molecular flexibility index (Phi) is 8.96. The lowest BCUT2D eigenvalue weighted by Gasteiger charge is -2.13. The molecule has 10 heteroatoms. The van der Waals surface area contributed by atoms with Crippen molar-refractivity contribution < 1.29 is 0 Å². The number of halogens is 1. The number of hydrogen-bond donors (Lipinski definition) is 2. The Morgan fingerprint density at radius 1 is 0.938 bits per heavy atom. The third kappa shape index (κ3) is 6.25. The fraction of sp³-hybridized carbons (Fsp3) is 0.318. The third-order valence-electron chi connectivity index (χ3n) is 4.97. The summed E-state index contributed by atoms with van der Waals surface area (Å²) in [5, 5.41) is 23.4. The van der Waals surface area contributed by atoms with Crippen molar-refractivity contribution in [3.05, 3.63) is 78.3 Å². The number of pyridine rings is 1. The maximum absolute atomic E-state index is 4.74.